The first-order valence-corrected chi connectivity index (χ1v) is 6.18. The Kier molecular flexibility index (Phi) is 5.42. The number of aliphatic hydroxyl groups excluding tert-OH is 1. The molecule has 0 aliphatic rings. The van der Waals surface area contributed by atoms with Gasteiger partial charge in [-0.1, -0.05) is 18.7 Å². The van der Waals surface area contributed by atoms with Gasteiger partial charge in [0.1, 0.15) is 5.78 Å². The zero-order valence-electron chi connectivity index (χ0n) is 9.46. The second kappa shape index (κ2) is 6.60. The van der Waals surface area contributed by atoms with Crippen LogP contribution >= 0.6 is 11.8 Å². The Morgan fingerprint density at radius 3 is 2.69 bits per heavy atom. The van der Waals surface area contributed by atoms with E-state index in [0.29, 0.717) is 17.3 Å². The number of carbonyl (C=O) groups is 1. The average molecular weight is 240 g/mol. The van der Waals surface area contributed by atoms with Crippen molar-refractivity contribution in [1.29, 1.82) is 0 Å². The van der Waals surface area contributed by atoms with Crippen LogP contribution in [0.4, 0.5) is 0 Å². The van der Waals surface area contributed by atoms with E-state index in [4.69, 9.17) is 0 Å². The lowest BCUT2D eigenvalue weighted by atomic mass is 9.99. The van der Waals surface area contributed by atoms with Gasteiger partial charge in [-0.25, -0.2) is 9.97 Å². The summed E-state index contributed by atoms with van der Waals surface area (Å²) in [6, 6.07) is 1.76. The SMILES string of the molecule is CC(=O)[C@@H](C)[C@H](O)CCSc1ncccn1. The molecular weight excluding hydrogens is 224 g/mol. The maximum atomic E-state index is 11.0. The number of thioether (sulfide) groups is 1. The van der Waals surface area contributed by atoms with E-state index in [2.05, 4.69) is 9.97 Å². The fourth-order valence-electron chi connectivity index (χ4n) is 1.15. The van der Waals surface area contributed by atoms with Gasteiger partial charge in [0.15, 0.2) is 5.16 Å². The topological polar surface area (TPSA) is 63.1 Å². The van der Waals surface area contributed by atoms with E-state index in [1.54, 1.807) is 25.4 Å². The van der Waals surface area contributed by atoms with Crippen molar-refractivity contribution in [1.82, 2.24) is 9.97 Å². The molecule has 0 saturated heterocycles. The Balaban J connectivity index is 2.28. The molecule has 1 rings (SSSR count). The molecule has 1 aromatic heterocycles. The number of hydrogen-bond donors (Lipinski definition) is 1. The first-order valence-electron chi connectivity index (χ1n) is 5.19. The van der Waals surface area contributed by atoms with Gasteiger partial charge in [-0.2, -0.15) is 0 Å². The minimum atomic E-state index is -0.575. The Morgan fingerprint density at radius 1 is 1.50 bits per heavy atom. The van der Waals surface area contributed by atoms with Crippen molar-refractivity contribution >= 4 is 17.5 Å². The van der Waals surface area contributed by atoms with E-state index in [-0.39, 0.29) is 11.7 Å². The van der Waals surface area contributed by atoms with E-state index in [1.807, 2.05) is 0 Å². The molecule has 1 N–H and O–H groups in total. The van der Waals surface area contributed by atoms with Crippen LogP contribution in [0.1, 0.15) is 20.3 Å². The van der Waals surface area contributed by atoms with Crippen LogP contribution < -0.4 is 0 Å². The standard InChI is InChI=1S/C11H16N2O2S/c1-8(9(2)14)10(15)4-7-16-11-12-5-3-6-13-11/h3,5-6,8,10,15H,4,7H2,1-2H3/t8-,10-/m1/s1. The summed E-state index contributed by atoms with van der Waals surface area (Å²) in [5, 5.41) is 10.4. The number of carbonyl (C=O) groups excluding carboxylic acids is 1. The molecule has 0 unspecified atom stereocenters. The highest BCUT2D eigenvalue weighted by molar-refractivity contribution is 7.99. The molecule has 0 aliphatic heterocycles. The van der Waals surface area contributed by atoms with E-state index in [1.165, 1.54) is 18.7 Å². The number of rotatable bonds is 6. The van der Waals surface area contributed by atoms with Crippen molar-refractivity contribution in [2.24, 2.45) is 5.92 Å². The molecule has 1 heterocycles. The summed E-state index contributed by atoms with van der Waals surface area (Å²) in [6.45, 7) is 3.25. The van der Waals surface area contributed by atoms with E-state index >= 15 is 0 Å². The maximum Gasteiger partial charge on any atom is 0.187 e. The van der Waals surface area contributed by atoms with E-state index < -0.39 is 6.10 Å². The zero-order chi connectivity index (χ0) is 12.0. The van der Waals surface area contributed by atoms with Crippen molar-refractivity contribution in [3.63, 3.8) is 0 Å². The minimum absolute atomic E-state index is 0.0217. The summed E-state index contributed by atoms with van der Waals surface area (Å²) in [7, 11) is 0. The van der Waals surface area contributed by atoms with Gasteiger partial charge in [-0.05, 0) is 19.4 Å². The minimum Gasteiger partial charge on any atom is -0.392 e. The van der Waals surface area contributed by atoms with Gasteiger partial charge in [0.05, 0.1) is 6.10 Å². The van der Waals surface area contributed by atoms with Crippen LogP contribution in [0.3, 0.4) is 0 Å². The first-order chi connectivity index (χ1) is 7.61. The monoisotopic (exact) mass is 240 g/mol. The first kappa shape index (κ1) is 13.1. The van der Waals surface area contributed by atoms with Crippen LogP contribution in [0.2, 0.25) is 0 Å². The van der Waals surface area contributed by atoms with Crippen molar-refractivity contribution in [3.8, 4) is 0 Å². The molecule has 0 radical (unpaired) electrons. The van der Waals surface area contributed by atoms with Crippen LogP contribution in [0.25, 0.3) is 0 Å². The van der Waals surface area contributed by atoms with Gasteiger partial charge in [0.25, 0.3) is 0 Å². The molecule has 4 nitrogen and oxygen atoms in total. The molecule has 0 fully saturated rings. The third-order valence-corrected chi connectivity index (χ3v) is 3.31. The fraction of sp³-hybridized carbons (Fsp3) is 0.545. The third kappa shape index (κ3) is 4.28. The van der Waals surface area contributed by atoms with Crippen LogP contribution in [0.15, 0.2) is 23.6 Å². The number of aromatic nitrogens is 2. The summed E-state index contributed by atoms with van der Waals surface area (Å²) in [6.07, 6.45) is 3.37. The summed E-state index contributed by atoms with van der Waals surface area (Å²) < 4.78 is 0. The van der Waals surface area contributed by atoms with Gasteiger partial charge >= 0.3 is 0 Å². The second-order valence-corrected chi connectivity index (χ2v) is 4.70. The number of Topliss-reactive ketones (excluding diaryl/α,β-unsaturated/α-hetero) is 1. The van der Waals surface area contributed by atoms with Crippen molar-refractivity contribution in [2.75, 3.05) is 5.75 Å². The summed E-state index contributed by atoms with van der Waals surface area (Å²) in [5.74, 6) is 0.439. The highest BCUT2D eigenvalue weighted by Gasteiger charge is 2.18. The van der Waals surface area contributed by atoms with Gasteiger partial charge in [-0.3, -0.25) is 4.79 Å². The van der Waals surface area contributed by atoms with Gasteiger partial charge in [-0.15, -0.1) is 0 Å². The fourth-order valence-corrected chi connectivity index (χ4v) is 1.96. The molecule has 1 aromatic rings. The van der Waals surface area contributed by atoms with Crippen LogP contribution in [0, 0.1) is 5.92 Å². The number of aliphatic hydroxyl groups is 1. The molecule has 88 valence electrons. The summed E-state index contributed by atoms with van der Waals surface area (Å²) in [5.41, 5.74) is 0. The quantitative estimate of drug-likeness (QED) is 0.603. The number of ketones is 1. The predicted octanol–water partition coefficient (Wildman–Crippen LogP) is 1.54. The Hall–Kier alpha value is -0.940. The predicted molar refractivity (Wildman–Crippen MR) is 63.2 cm³/mol. The molecule has 0 aromatic carbocycles. The lowest BCUT2D eigenvalue weighted by molar-refractivity contribution is -0.123. The summed E-state index contributed by atoms with van der Waals surface area (Å²) in [4.78, 5) is 19.1. The molecular formula is C11H16N2O2S. The molecule has 5 heteroatoms. The Labute approximate surface area is 99.5 Å². The maximum absolute atomic E-state index is 11.0. The van der Waals surface area contributed by atoms with E-state index in [0.717, 1.165) is 0 Å². The van der Waals surface area contributed by atoms with E-state index in [9.17, 15) is 9.90 Å². The van der Waals surface area contributed by atoms with Gasteiger partial charge < -0.3 is 5.11 Å². The lowest BCUT2D eigenvalue weighted by Crippen LogP contribution is -2.24. The largest absolute Gasteiger partial charge is 0.392 e. The van der Waals surface area contributed by atoms with Crippen LogP contribution in [-0.2, 0) is 4.79 Å². The highest BCUT2D eigenvalue weighted by Crippen LogP contribution is 2.16. The Morgan fingerprint density at radius 2 is 2.12 bits per heavy atom. The molecule has 0 amide bonds. The number of nitrogens with zero attached hydrogens (tertiary/aromatic N) is 2. The highest BCUT2D eigenvalue weighted by atomic mass is 32.2. The summed E-state index contributed by atoms with van der Waals surface area (Å²) >= 11 is 1.48. The van der Waals surface area contributed by atoms with Crippen molar-refractivity contribution in [2.45, 2.75) is 31.5 Å². The number of hydrogen-bond acceptors (Lipinski definition) is 5. The van der Waals surface area contributed by atoms with Crippen LogP contribution in [0.5, 0.6) is 0 Å². The smallest absolute Gasteiger partial charge is 0.187 e. The molecule has 0 aliphatic carbocycles. The van der Waals surface area contributed by atoms with Crippen molar-refractivity contribution in [3.05, 3.63) is 18.5 Å². The molecule has 0 bridgehead atoms. The molecule has 2 atom stereocenters. The Bertz CT molecular complexity index is 332. The third-order valence-electron chi connectivity index (χ3n) is 2.41. The molecule has 0 spiro atoms. The zero-order valence-corrected chi connectivity index (χ0v) is 10.3. The van der Waals surface area contributed by atoms with Gasteiger partial charge in [0, 0.05) is 24.1 Å². The normalized spacial score (nSPS) is 14.4. The van der Waals surface area contributed by atoms with Crippen molar-refractivity contribution < 1.29 is 9.90 Å². The molecule has 16 heavy (non-hydrogen) atoms. The van der Waals surface area contributed by atoms with Gasteiger partial charge in [0.2, 0.25) is 0 Å². The average Bonchev–Trinajstić information content (AvgIpc) is 2.29. The molecule has 0 saturated carbocycles. The lowest BCUT2D eigenvalue weighted by Gasteiger charge is -2.15. The van der Waals surface area contributed by atoms with Crippen LogP contribution in [-0.4, -0.2) is 32.7 Å². The second-order valence-electron chi connectivity index (χ2n) is 3.64.